The first-order valence-corrected chi connectivity index (χ1v) is 7.82. The second-order valence-electron chi connectivity index (χ2n) is 5.23. The zero-order chi connectivity index (χ0) is 13.8. The van der Waals surface area contributed by atoms with Crippen molar-refractivity contribution in [1.29, 1.82) is 0 Å². The lowest BCUT2D eigenvalue weighted by molar-refractivity contribution is -0.137. The molecule has 0 unspecified atom stereocenters. The largest absolute Gasteiger partial charge is 0.426 e. The molecular weight excluding hydrogens is 372 g/mol. The third kappa shape index (κ3) is 1.93. The molecule has 1 aliphatic heterocycles. The number of fused-ring (bicyclic) bond motifs is 3. The summed E-state index contributed by atoms with van der Waals surface area (Å²) in [5.41, 5.74) is 1.51. The van der Waals surface area contributed by atoms with Gasteiger partial charge in [-0.05, 0) is 42.3 Å². The Morgan fingerprint density at radius 2 is 1.84 bits per heavy atom. The van der Waals surface area contributed by atoms with Crippen LogP contribution >= 0.6 is 31.9 Å². The minimum Gasteiger partial charge on any atom is -0.426 e. The zero-order valence-corrected chi connectivity index (χ0v) is 13.7. The molecule has 0 fully saturated rings. The van der Waals surface area contributed by atoms with Crippen LogP contribution in [0.5, 0.6) is 5.75 Å². The zero-order valence-electron chi connectivity index (χ0n) is 10.5. The van der Waals surface area contributed by atoms with Gasteiger partial charge in [0.25, 0.3) is 0 Å². The number of ether oxygens (including phenoxy) is 1. The van der Waals surface area contributed by atoms with Gasteiger partial charge in [-0.15, -0.1) is 0 Å². The molecule has 0 saturated heterocycles. The normalized spacial score (nSPS) is 16.8. The Labute approximate surface area is 128 Å². The number of rotatable bonds is 1. The van der Waals surface area contributed by atoms with Crippen LogP contribution in [0.1, 0.15) is 28.7 Å². The van der Waals surface area contributed by atoms with E-state index < -0.39 is 5.41 Å². The summed E-state index contributed by atoms with van der Waals surface area (Å²) < 4.78 is 5.47. The third-order valence-electron chi connectivity index (χ3n) is 3.60. The fourth-order valence-electron chi connectivity index (χ4n) is 2.51. The second-order valence-corrected chi connectivity index (χ2v) is 8.29. The van der Waals surface area contributed by atoms with Gasteiger partial charge in [0.1, 0.15) is 5.75 Å². The molecule has 4 heteroatoms. The van der Waals surface area contributed by atoms with Crippen LogP contribution in [-0.2, 0) is 10.2 Å². The van der Waals surface area contributed by atoms with Crippen molar-refractivity contribution >= 4 is 48.6 Å². The van der Waals surface area contributed by atoms with Crippen molar-refractivity contribution in [3.63, 3.8) is 0 Å². The van der Waals surface area contributed by atoms with E-state index in [-0.39, 0.29) is 9.71 Å². The molecule has 0 aliphatic carbocycles. The average molecular weight is 384 g/mol. The molecule has 2 aromatic carbocycles. The maximum Gasteiger partial charge on any atom is 0.321 e. The molecule has 2 nitrogen and oxygen atoms in total. The van der Waals surface area contributed by atoms with Gasteiger partial charge in [-0.2, -0.15) is 0 Å². The van der Waals surface area contributed by atoms with Crippen LogP contribution in [0.2, 0.25) is 0 Å². The summed E-state index contributed by atoms with van der Waals surface area (Å²) >= 11 is 7.02. The number of benzene rings is 2. The Morgan fingerprint density at radius 3 is 2.53 bits per heavy atom. The van der Waals surface area contributed by atoms with E-state index in [0.717, 1.165) is 21.9 Å². The van der Waals surface area contributed by atoms with Crippen LogP contribution in [-0.4, -0.2) is 5.97 Å². The van der Waals surface area contributed by atoms with Gasteiger partial charge >= 0.3 is 5.97 Å². The maximum atomic E-state index is 12.0. The van der Waals surface area contributed by atoms with E-state index >= 15 is 0 Å². The quantitative estimate of drug-likeness (QED) is 0.400. The summed E-state index contributed by atoms with van der Waals surface area (Å²) in [4.78, 5) is 12.0. The first kappa shape index (κ1) is 13.1. The Hall–Kier alpha value is -0.870. The topological polar surface area (TPSA) is 26.3 Å². The van der Waals surface area contributed by atoms with Gasteiger partial charge in [-0.1, -0.05) is 50.1 Å². The summed E-state index contributed by atoms with van der Waals surface area (Å²) in [6.45, 7) is 3.82. The molecule has 0 bridgehead atoms. The molecule has 0 amide bonds. The number of alkyl halides is 2. The van der Waals surface area contributed by atoms with E-state index in [1.165, 1.54) is 0 Å². The molecule has 1 heterocycles. The molecule has 0 N–H and O–H groups in total. The lowest BCUT2D eigenvalue weighted by atomic mass is 9.83. The SMILES string of the molecule is CC1(C)C(=O)Oc2ccc3ccc(C(Br)Br)cc3c21. The van der Waals surface area contributed by atoms with Gasteiger partial charge in [0, 0.05) is 5.56 Å². The van der Waals surface area contributed by atoms with Crippen LogP contribution in [0.15, 0.2) is 30.3 Å². The molecule has 98 valence electrons. The summed E-state index contributed by atoms with van der Waals surface area (Å²) in [5, 5.41) is 2.20. The number of halogens is 2. The fraction of sp³-hybridized carbons (Fsp3) is 0.267. The minimum absolute atomic E-state index is 0.0985. The van der Waals surface area contributed by atoms with Crippen molar-refractivity contribution in [2.45, 2.75) is 23.0 Å². The molecule has 2 aromatic rings. The van der Waals surface area contributed by atoms with Gasteiger partial charge in [-0.3, -0.25) is 4.79 Å². The predicted molar refractivity (Wildman–Crippen MR) is 83.2 cm³/mol. The highest BCUT2D eigenvalue weighted by Crippen LogP contribution is 2.44. The molecule has 3 rings (SSSR count). The van der Waals surface area contributed by atoms with Crippen molar-refractivity contribution in [3.8, 4) is 5.75 Å². The molecule has 0 aromatic heterocycles. The predicted octanol–water partition coefficient (Wildman–Crippen LogP) is 4.82. The number of hydrogen-bond donors (Lipinski definition) is 0. The second kappa shape index (κ2) is 4.32. The molecule has 0 atom stereocenters. The van der Waals surface area contributed by atoms with Crippen molar-refractivity contribution < 1.29 is 9.53 Å². The van der Waals surface area contributed by atoms with Crippen LogP contribution in [0.25, 0.3) is 10.8 Å². The lowest BCUT2D eigenvalue weighted by Gasteiger charge is -2.16. The van der Waals surface area contributed by atoms with Crippen molar-refractivity contribution in [3.05, 3.63) is 41.5 Å². The van der Waals surface area contributed by atoms with Crippen molar-refractivity contribution in [2.24, 2.45) is 0 Å². The van der Waals surface area contributed by atoms with E-state index in [4.69, 9.17) is 4.74 Å². The minimum atomic E-state index is -0.596. The molecule has 19 heavy (non-hydrogen) atoms. The van der Waals surface area contributed by atoms with Crippen molar-refractivity contribution in [2.75, 3.05) is 0 Å². The Kier molecular flexibility index (Phi) is 2.98. The summed E-state index contributed by atoms with van der Waals surface area (Å²) in [6.07, 6.45) is 0. The van der Waals surface area contributed by atoms with Gasteiger partial charge < -0.3 is 4.74 Å². The smallest absolute Gasteiger partial charge is 0.321 e. The van der Waals surface area contributed by atoms with Crippen LogP contribution in [0.4, 0.5) is 0 Å². The highest BCUT2D eigenvalue weighted by atomic mass is 79.9. The number of carbonyl (C=O) groups is 1. The van der Waals surface area contributed by atoms with Crippen LogP contribution < -0.4 is 4.74 Å². The standard InChI is InChI=1S/C15H12Br2O2/c1-15(2)12-10-7-9(13(16)17)4-3-8(10)5-6-11(12)19-14(15)18/h3-7,13H,1-2H3. The summed E-state index contributed by atoms with van der Waals surface area (Å²) in [6, 6.07) is 10.1. The number of hydrogen-bond acceptors (Lipinski definition) is 2. The number of esters is 1. The third-order valence-corrected chi connectivity index (χ3v) is 4.65. The molecule has 0 spiro atoms. The number of carbonyl (C=O) groups excluding carboxylic acids is 1. The Balaban J connectivity index is 2.36. The first-order valence-electron chi connectivity index (χ1n) is 5.99. The van der Waals surface area contributed by atoms with Gasteiger partial charge in [-0.25, -0.2) is 0 Å². The van der Waals surface area contributed by atoms with E-state index in [1.807, 2.05) is 26.0 Å². The van der Waals surface area contributed by atoms with Gasteiger partial charge in [0.2, 0.25) is 0 Å². The van der Waals surface area contributed by atoms with Crippen LogP contribution in [0.3, 0.4) is 0 Å². The lowest BCUT2D eigenvalue weighted by Crippen LogP contribution is -2.26. The average Bonchev–Trinajstić information content (AvgIpc) is 2.59. The molecular formula is C15H12Br2O2. The van der Waals surface area contributed by atoms with Crippen molar-refractivity contribution in [1.82, 2.24) is 0 Å². The van der Waals surface area contributed by atoms with E-state index in [2.05, 4.69) is 50.1 Å². The Morgan fingerprint density at radius 1 is 1.16 bits per heavy atom. The van der Waals surface area contributed by atoms with E-state index in [1.54, 1.807) is 0 Å². The van der Waals surface area contributed by atoms with Gasteiger partial charge in [0.15, 0.2) is 0 Å². The Bertz CT molecular complexity index is 690. The van der Waals surface area contributed by atoms with E-state index in [0.29, 0.717) is 5.75 Å². The molecule has 1 aliphatic rings. The fourth-order valence-corrected chi connectivity index (χ4v) is 3.08. The first-order chi connectivity index (χ1) is 8.91. The maximum absolute atomic E-state index is 12.0. The summed E-state index contributed by atoms with van der Waals surface area (Å²) in [7, 11) is 0. The molecule has 0 saturated carbocycles. The molecule has 0 radical (unpaired) electrons. The van der Waals surface area contributed by atoms with E-state index in [9.17, 15) is 4.79 Å². The van der Waals surface area contributed by atoms with Crippen LogP contribution in [0, 0.1) is 0 Å². The summed E-state index contributed by atoms with van der Waals surface area (Å²) in [5.74, 6) is 0.495. The highest BCUT2D eigenvalue weighted by molar-refractivity contribution is 9.24. The highest BCUT2D eigenvalue weighted by Gasteiger charge is 2.42. The van der Waals surface area contributed by atoms with Gasteiger partial charge in [0.05, 0.1) is 9.15 Å². The monoisotopic (exact) mass is 382 g/mol.